The number of methoxy groups -OCH3 is 1. The van der Waals surface area contributed by atoms with Gasteiger partial charge < -0.3 is 15.2 Å². The summed E-state index contributed by atoms with van der Waals surface area (Å²) >= 11 is 3.45. The Morgan fingerprint density at radius 2 is 1.76 bits per heavy atom. The molecule has 4 rings (SSSR count). The van der Waals surface area contributed by atoms with Gasteiger partial charge in [-0.1, -0.05) is 48.5 Å². The van der Waals surface area contributed by atoms with Crippen molar-refractivity contribution in [2.24, 2.45) is 10.8 Å². The second-order valence-electron chi connectivity index (χ2n) is 7.11. The largest absolute Gasteiger partial charge is 0.493 e. The third-order valence-corrected chi connectivity index (χ3v) is 5.44. The smallest absolute Gasteiger partial charge is 0.281 e. The summed E-state index contributed by atoms with van der Waals surface area (Å²) in [6.07, 6.45) is 1.75. The van der Waals surface area contributed by atoms with Crippen LogP contribution in [0.3, 0.4) is 0 Å². The van der Waals surface area contributed by atoms with Crippen LogP contribution in [0.1, 0.15) is 11.1 Å². The highest BCUT2D eigenvalue weighted by Crippen LogP contribution is 2.38. The zero-order chi connectivity index (χ0) is 23.4. The molecule has 0 radical (unpaired) electrons. The summed E-state index contributed by atoms with van der Waals surface area (Å²) in [5.74, 6) is -0.110. The van der Waals surface area contributed by atoms with E-state index in [1.165, 1.54) is 12.1 Å². The SMILES string of the molecule is COc1cc(/C=C2/C(=O)N(c3ccccc3)N=C2c2ccccc2)cc(Br)c1OCC(N)=O. The first kappa shape index (κ1) is 22.3. The molecule has 0 bridgehead atoms. The third kappa shape index (κ3) is 4.80. The molecule has 166 valence electrons. The first-order valence-electron chi connectivity index (χ1n) is 10.0. The van der Waals surface area contributed by atoms with Gasteiger partial charge in [-0.15, -0.1) is 0 Å². The summed E-state index contributed by atoms with van der Waals surface area (Å²) in [5.41, 5.74) is 8.36. The Morgan fingerprint density at radius 3 is 2.39 bits per heavy atom. The highest BCUT2D eigenvalue weighted by Gasteiger charge is 2.32. The average Bonchev–Trinajstić information content (AvgIpc) is 3.15. The van der Waals surface area contributed by atoms with Gasteiger partial charge in [-0.2, -0.15) is 10.1 Å². The highest BCUT2D eigenvalue weighted by molar-refractivity contribution is 9.10. The molecule has 8 heteroatoms. The van der Waals surface area contributed by atoms with Gasteiger partial charge in [0.05, 0.1) is 22.8 Å². The van der Waals surface area contributed by atoms with E-state index < -0.39 is 5.91 Å². The molecule has 0 fully saturated rings. The van der Waals surface area contributed by atoms with Crippen molar-refractivity contribution in [3.63, 3.8) is 0 Å². The number of rotatable bonds is 7. The Labute approximate surface area is 199 Å². The first-order valence-corrected chi connectivity index (χ1v) is 10.8. The van der Waals surface area contributed by atoms with Crippen molar-refractivity contribution in [3.8, 4) is 11.5 Å². The maximum Gasteiger partial charge on any atom is 0.281 e. The van der Waals surface area contributed by atoms with E-state index in [4.69, 9.17) is 15.2 Å². The lowest BCUT2D eigenvalue weighted by molar-refractivity contribution is -0.120. The van der Waals surface area contributed by atoms with Crippen LogP contribution in [-0.4, -0.2) is 31.2 Å². The Morgan fingerprint density at radius 1 is 1.09 bits per heavy atom. The summed E-state index contributed by atoms with van der Waals surface area (Å²) in [4.78, 5) is 24.5. The maximum absolute atomic E-state index is 13.4. The van der Waals surface area contributed by atoms with E-state index in [0.29, 0.717) is 38.5 Å². The lowest BCUT2D eigenvalue weighted by Crippen LogP contribution is -2.21. The van der Waals surface area contributed by atoms with Gasteiger partial charge in [0.2, 0.25) is 0 Å². The van der Waals surface area contributed by atoms with E-state index in [9.17, 15) is 9.59 Å². The molecule has 33 heavy (non-hydrogen) atoms. The molecule has 3 aromatic carbocycles. The number of hydrazone groups is 1. The van der Waals surface area contributed by atoms with Crippen LogP contribution in [0.4, 0.5) is 5.69 Å². The highest BCUT2D eigenvalue weighted by atomic mass is 79.9. The number of para-hydroxylation sites is 1. The number of benzene rings is 3. The van der Waals surface area contributed by atoms with E-state index in [-0.39, 0.29) is 12.5 Å². The van der Waals surface area contributed by atoms with Crippen molar-refractivity contribution < 1.29 is 19.1 Å². The fourth-order valence-electron chi connectivity index (χ4n) is 3.37. The van der Waals surface area contributed by atoms with Crippen LogP contribution in [-0.2, 0) is 9.59 Å². The lowest BCUT2D eigenvalue weighted by atomic mass is 10.00. The number of hydrogen-bond acceptors (Lipinski definition) is 5. The summed E-state index contributed by atoms with van der Waals surface area (Å²) in [5, 5.41) is 6.03. The Kier molecular flexibility index (Phi) is 6.55. The number of carbonyl (C=O) groups excluding carboxylic acids is 2. The molecule has 7 nitrogen and oxygen atoms in total. The van der Waals surface area contributed by atoms with E-state index in [1.54, 1.807) is 18.2 Å². The molecule has 0 atom stereocenters. The van der Waals surface area contributed by atoms with E-state index in [0.717, 1.165) is 5.56 Å². The number of nitrogens with two attached hydrogens (primary N) is 1. The van der Waals surface area contributed by atoms with Gasteiger partial charge in [-0.3, -0.25) is 9.59 Å². The van der Waals surface area contributed by atoms with Gasteiger partial charge >= 0.3 is 0 Å². The summed E-state index contributed by atoms with van der Waals surface area (Å²) in [6, 6.07) is 22.3. The van der Waals surface area contributed by atoms with Crippen LogP contribution in [0, 0.1) is 0 Å². The normalized spacial score (nSPS) is 14.4. The average molecular weight is 506 g/mol. The molecular formula is C25H20BrN3O4. The molecule has 2 N–H and O–H groups in total. The zero-order valence-corrected chi connectivity index (χ0v) is 19.3. The number of anilines is 1. The second kappa shape index (κ2) is 9.70. The summed E-state index contributed by atoms with van der Waals surface area (Å²) in [7, 11) is 1.49. The van der Waals surface area contributed by atoms with Crippen molar-refractivity contribution in [1.82, 2.24) is 0 Å². The molecule has 0 saturated carbocycles. The second-order valence-corrected chi connectivity index (χ2v) is 7.97. The van der Waals surface area contributed by atoms with Crippen molar-refractivity contribution in [1.29, 1.82) is 0 Å². The summed E-state index contributed by atoms with van der Waals surface area (Å²) < 4.78 is 11.5. The Hall–Kier alpha value is -3.91. The van der Waals surface area contributed by atoms with Crippen LogP contribution < -0.4 is 20.2 Å². The molecule has 0 aliphatic carbocycles. The molecule has 3 aromatic rings. The van der Waals surface area contributed by atoms with Crippen molar-refractivity contribution in [3.05, 3.63) is 94.0 Å². The zero-order valence-electron chi connectivity index (χ0n) is 17.7. The molecule has 0 spiro atoms. The van der Waals surface area contributed by atoms with Gasteiger partial charge in [0.15, 0.2) is 18.1 Å². The van der Waals surface area contributed by atoms with Crippen LogP contribution in [0.2, 0.25) is 0 Å². The number of halogens is 1. The van der Waals surface area contributed by atoms with Crippen LogP contribution in [0.5, 0.6) is 11.5 Å². The standard InChI is InChI=1S/C25H20BrN3O4/c1-32-21-14-16(13-20(26)24(21)33-15-22(27)30)12-19-23(17-8-4-2-5-9-17)28-29(25(19)31)18-10-6-3-7-11-18/h2-14H,15H2,1H3,(H2,27,30)/b19-12+. The van der Waals surface area contributed by atoms with Crippen LogP contribution in [0.15, 0.2) is 87.9 Å². The van der Waals surface area contributed by atoms with Gasteiger partial charge in [0.1, 0.15) is 5.71 Å². The van der Waals surface area contributed by atoms with Crippen molar-refractivity contribution in [2.75, 3.05) is 18.7 Å². The van der Waals surface area contributed by atoms with E-state index in [2.05, 4.69) is 21.0 Å². The van der Waals surface area contributed by atoms with Gasteiger partial charge in [-0.05, 0) is 51.8 Å². The predicted octanol–water partition coefficient (Wildman–Crippen LogP) is 4.16. The molecule has 0 saturated heterocycles. The van der Waals surface area contributed by atoms with Crippen molar-refractivity contribution >= 4 is 45.2 Å². The third-order valence-electron chi connectivity index (χ3n) is 4.85. The minimum absolute atomic E-state index is 0.246. The lowest BCUT2D eigenvalue weighted by Gasteiger charge is -2.13. The van der Waals surface area contributed by atoms with E-state index in [1.807, 2.05) is 60.7 Å². The fraction of sp³-hybridized carbons (Fsp3) is 0.0800. The monoisotopic (exact) mass is 505 g/mol. The van der Waals surface area contributed by atoms with Gasteiger partial charge in [0, 0.05) is 5.56 Å². The van der Waals surface area contributed by atoms with E-state index >= 15 is 0 Å². The molecule has 0 aromatic heterocycles. The minimum Gasteiger partial charge on any atom is -0.493 e. The first-order chi connectivity index (χ1) is 16.0. The topological polar surface area (TPSA) is 94.2 Å². The number of nitrogens with zero attached hydrogens (tertiary/aromatic N) is 2. The number of carbonyl (C=O) groups is 2. The Balaban J connectivity index is 1.78. The molecule has 2 amide bonds. The van der Waals surface area contributed by atoms with Gasteiger partial charge in [-0.25, -0.2) is 0 Å². The van der Waals surface area contributed by atoms with Gasteiger partial charge in [0.25, 0.3) is 11.8 Å². The Bertz CT molecular complexity index is 1260. The molecular weight excluding hydrogens is 486 g/mol. The summed E-state index contributed by atoms with van der Waals surface area (Å²) in [6.45, 7) is -0.287. The number of amides is 2. The number of hydrogen-bond donors (Lipinski definition) is 1. The molecule has 1 heterocycles. The van der Waals surface area contributed by atoms with Crippen molar-refractivity contribution in [2.45, 2.75) is 0 Å². The molecule has 0 unspecified atom stereocenters. The predicted molar refractivity (Wildman–Crippen MR) is 130 cm³/mol. The maximum atomic E-state index is 13.4. The number of primary amides is 1. The van der Waals surface area contributed by atoms with Crippen LogP contribution in [0.25, 0.3) is 6.08 Å². The number of ether oxygens (including phenoxy) is 2. The van der Waals surface area contributed by atoms with Crippen LogP contribution >= 0.6 is 15.9 Å². The molecule has 1 aliphatic heterocycles. The minimum atomic E-state index is -0.601. The quantitative estimate of drug-likeness (QED) is 0.487. The molecule has 1 aliphatic rings. The fourth-order valence-corrected chi connectivity index (χ4v) is 3.95.